The highest BCUT2D eigenvalue weighted by atomic mass is 15.1. The second-order valence-electron chi connectivity index (χ2n) is 6.33. The van der Waals surface area contributed by atoms with Crippen LogP contribution in [0.25, 0.3) is 0 Å². The van der Waals surface area contributed by atoms with E-state index in [0.29, 0.717) is 5.41 Å². The molecule has 0 aromatic heterocycles. The number of likely N-dealkylation sites (N-methyl/N-ethyl adjacent to an activating group) is 1. The first kappa shape index (κ1) is 16.7. The van der Waals surface area contributed by atoms with Crippen LogP contribution in [-0.4, -0.2) is 24.3 Å². The van der Waals surface area contributed by atoms with Crippen LogP contribution >= 0.6 is 0 Å². The molecule has 0 amide bonds. The summed E-state index contributed by atoms with van der Waals surface area (Å²) in [6.07, 6.45) is 2.15. The van der Waals surface area contributed by atoms with Gasteiger partial charge in [0.25, 0.3) is 0 Å². The molecule has 112 valence electrons. The van der Waals surface area contributed by atoms with E-state index < -0.39 is 0 Å². The predicted molar refractivity (Wildman–Crippen MR) is 88.5 cm³/mol. The molecule has 0 atom stereocenters. The zero-order valence-electron chi connectivity index (χ0n) is 14.0. The Morgan fingerprint density at radius 1 is 1.15 bits per heavy atom. The van der Waals surface area contributed by atoms with E-state index in [1.165, 1.54) is 5.56 Å². The summed E-state index contributed by atoms with van der Waals surface area (Å²) in [6.45, 7) is 11.6. The van der Waals surface area contributed by atoms with Crippen molar-refractivity contribution in [2.45, 2.75) is 52.9 Å². The van der Waals surface area contributed by atoms with E-state index >= 15 is 0 Å². The van der Waals surface area contributed by atoms with Crippen molar-refractivity contribution in [3.8, 4) is 0 Å². The molecule has 0 bridgehead atoms. The topological polar surface area (TPSA) is 27.1 Å². The van der Waals surface area contributed by atoms with Crippen LogP contribution in [0.15, 0.2) is 30.3 Å². The van der Waals surface area contributed by atoms with E-state index in [-0.39, 0.29) is 5.41 Å². The first-order chi connectivity index (χ1) is 9.41. The molecule has 1 aliphatic rings. The van der Waals surface area contributed by atoms with Gasteiger partial charge in [-0.05, 0) is 30.7 Å². The van der Waals surface area contributed by atoms with Crippen LogP contribution in [0.5, 0.6) is 0 Å². The Balaban J connectivity index is 0.000000956. The Labute approximate surface area is 124 Å². The van der Waals surface area contributed by atoms with Crippen molar-refractivity contribution in [1.29, 1.82) is 5.41 Å². The van der Waals surface area contributed by atoms with Gasteiger partial charge in [-0.2, -0.15) is 0 Å². The van der Waals surface area contributed by atoms with Gasteiger partial charge in [0.15, 0.2) is 0 Å². The van der Waals surface area contributed by atoms with Gasteiger partial charge in [0, 0.05) is 13.6 Å². The highest BCUT2D eigenvalue weighted by Gasteiger charge is 2.53. The highest BCUT2D eigenvalue weighted by molar-refractivity contribution is 5.91. The van der Waals surface area contributed by atoms with Gasteiger partial charge in [-0.15, -0.1) is 0 Å². The molecule has 0 unspecified atom stereocenters. The smallest absolute Gasteiger partial charge is 0.106 e. The number of amidine groups is 1. The summed E-state index contributed by atoms with van der Waals surface area (Å²) in [5, 5.41) is 8.54. The summed E-state index contributed by atoms with van der Waals surface area (Å²) in [5.74, 6) is 0.774. The molecule has 0 spiro atoms. The molecular formula is C18H30N2. The molecule has 0 heterocycles. The Morgan fingerprint density at radius 2 is 1.65 bits per heavy atom. The molecule has 1 aromatic rings. The number of benzene rings is 1. The minimum absolute atomic E-state index is 0.0600. The van der Waals surface area contributed by atoms with Gasteiger partial charge in [-0.25, -0.2) is 0 Å². The Bertz CT molecular complexity index is 426. The molecule has 1 N–H and O–H groups in total. The first-order valence-corrected chi connectivity index (χ1v) is 7.77. The third kappa shape index (κ3) is 3.05. The third-order valence-electron chi connectivity index (χ3n) is 4.20. The molecule has 1 aliphatic carbocycles. The molecule has 1 aromatic carbocycles. The number of nitrogens with one attached hydrogen (secondary N) is 1. The Morgan fingerprint density at radius 3 is 2.05 bits per heavy atom. The monoisotopic (exact) mass is 274 g/mol. The number of rotatable bonds is 3. The fraction of sp³-hybridized carbons (Fsp3) is 0.611. The summed E-state index contributed by atoms with van der Waals surface area (Å²) in [6, 6.07) is 10.6. The SMILES string of the molecule is CC.CCN(C)C(=N)C1(c2ccccc2)CC(C)(C)C1. The lowest BCUT2D eigenvalue weighted by Gasteiger charge is -2.55. The van der Waals surface area contributed by atoms with E-state index in [1.54, 1.807) is 0 Å². The van der Waals surface area contributed by atoms with Crippen molar-refractivity contribution < 1.29 is 0 Å². The van der Waals surface area contributed by atoms with Crippen molar-refractivity contribution in [3.05, 3.63) is 35.9 Å². The van der Waals surface area contributed by atoms with Crippen LogP contribution in [0.1, 0.15) is 53.0 Å². The molecule has 0 aliphatic heterocycles. The predicted octanol–water partition coefficient (Wildman–Crippen LogP) is 4.70. The van der Waals surface area contributed by atoms with Crippen LogP contribution in [0, 0.1) is 10.8 Å². The zero-order valence-corrected chi connectivity index (χ0v) is 14.0. The second-order valence-corrected chi connectivity index (χ2v) is 6.33. The van der Waals surface area contributed by atoms with Crippen LogP contribution < -0.4 is 0 Å². The lowest BCUT2D eigenvalue weighted by atomic mass is 9.51. The van der Waals surface area contributed by atoms with Crippen LogP contribution in [0.3, 0.4) is 0 Å². The molecule has 1 saturated carbocycles. The molecule has 2 rings (SSSR count). The maximum Gasteiger partial charge on any atom is 0.106 e. The maximum absolute atomic E-state index is 8.54. The lowest BCUT2D eigenvalue weighted by molar-refractivity contribution is 0.0988. The quantitative estimate of drug-likeness (QED) is 0.628. The van der Waals surface area contributed by atoms with Crippen LogP contribution in [-0.2, 0) is 5.41 Å². The third-order valence-corrected chi connectivity index (χ3v) is 4.20. The van der Waals surface area contributed by atoms with E-state index in [9.17, 15) is 0 Å². The molecule has 2 heteroatoms. The van der Waals surface area contributed by atoms with E-state index in [0.717, 1.165) is 25.2 Å². The van der Waals surface area contributed by atoms with Crippen molar-refractivity contribution in [1.82, 2.24) is 4.90 Å². The van der Waals surface area contributed by atoms with Gasteiger partial charge in [-0.3, -0.25) is 5.41 Å². The van der Waals surface area contributed by atoms with Gasteiger partial charge in [0.05, 0.1) is 5.41 Å². The van der Waals surface area contributed by atoms with E-state index in [4.69, 9.17) is 5.41 Å². The highest BCUT2D eigenvalue weighted by Crippen LogP contribution is 2.56. The minimum atomic E-state index is -0.0600. The number of hydrogen-bond donors (Lipinski definition) is 1. The van der Waals surface area contributed by atoms with Crippen molar-refractivity contribution in [2.24, 2.45) is 5.41 Å². The van der Waals surface area contributed by atoms with Crippen LogP contribution in [0.4, 0.5) is 0 Å². The average molecular weight is 274 g/mol. The van der Waals surface area contributed by atoms with Gasteiger partial charge in [-0.1, -0.05) is 58.0 Å². The fourth-order valence-corrected chi connectivity index (χ4v) is 3.37. The summed E-state index contributed by atoms with van der Waals surface area (Å²) < 4.78 is 0. The summed E-state index contributed by atoms with van der Waals surface area (Å²) in [5.41, 5.74) is 1.60. The summed E-state index contributed by atoms with van der Waals surface area (Å²) in [7, 11) is 2.03. The average Bonchev–Trinajstić information content (AvgIpc) is 2.45. The standard InChI is InChI=1S/C16H24N2.C2H6/c1-5-18(4)14(17)16(11-15(2,3)12-16)13-9-7-6-8-10-13;1-2/h6-10,17H,5,11-12H2,1-4H3;1-2H3. The zero-order chi connectivity index (χ0) is 15.4. The van der Waals surface area contributed by atoms with Crippen molar-refractivity contribution >= 4 is 5.84 Å². The largest absolute Gasteiger partial charge is 0.363 e. The van der Waals surface area contributed by atoms with Crippen molar-refractivity contribution in [2.75, 3.05) is 13.6 Å². The van der Waals surface area contributed by atoms with Gasteiger partial charge in [0.2, 0.25) is 0 Å². The molecule has 20 heavy (non-hydrogen) atoms. The lowest BCUT2D eigenvalue weighted by Crippen LogP contribution is -2.56. The molecular weight excluding hydrogens is 244 g/mol. The van der Waals surface area contributed by atoms with Gasteiger partial charge >= 0.3 is 0 Å². The van der Waals surface area contributed by atoms with Gasteiger partial charge in [0.1, 0.15) is 5.84 Å². The second kappa shape index (κ2) is 6.43. The first-order valence-electron chi connectivity index (χ1n) is 7.77. The summed E-state index contributed by atoms with van der Waals surface area (Å²) in [4.78, 5) is 2.07. The number of nitrogens with zero attached hydrogens (tertiary/aromatic N) is 1. The minimum Gasteiger partial charge on any atom is -0.363 e. The van der Waals surface area contributed by atoms with E-state index in [2.05, 4.69) is 49.9 Å². The van der Waals surface area contributed by atoms with Crippen molar-refractivity contribution in [3.63, 3.8) is 0 Å². The molecule has 0 radical (unpaired) electrons. The number of hydrogen-bond acceptors (Lipinski definition) is 1. The maximum atomic E-state index is 8.54. The normalized spacial score (nSPS) is 18.3. The fourth-order valence-electron chi connectivity index (χ4n) is 3.37. The Hall–Kier alpha value is -1.31. The Kier molecular flexibility index (Phi) is 5.38. The summed E-state index contributed by atoms with van der Waals surface area (Å²) >= 11 is 0. The van der Waals surface area contributed by atoms with E-state index in [1.807, 2.05) is 27.0 Å². The molecule has 0 saturated heterocycles. The molecule has 1 fully saturated rings. The van der Waals surface area contributed by atoms with Gasteiger partial charge < -0.3 is 4.90 Å². The molecule has 2 nitrogen and oxygen atoms in total. The van der Waals surface area contributed by atoms with Crippen LogP contribution in [0.2, 0.25) is 0 Å².